The lowest BCUT2D eigenvalue weighted by atomic mass is 10.1. The van der Waals surface area contributed by atoms with Crippen LogP contribution in [0.3, 0.4) is 0 Å². The van der Waals surface area contributed by atoms with E-state index < -0.39 is 6.10 Å². The zero-order valence-electron chi connectivity index (χ0n) is 17.1. The van der Waals surface area contributed by atoms with Crippen LogP contribution in [0.4, 0.5) is 0 Å². The maximum atomic E-state index is 10.5. The van der Waals surface area contributed by atoms with Gasteiger partial charge in [-0.1, -0.05) is 35.0 Å². The summed E-state index contributed by atoms with van der Waals surface area (Å²) in [6.07, 6.45) is -0.592. The number of hydrogen-bond donors (Lipinski definition) is 2. The van der Waals surface area contributed by atoms with E-state index in [0.29, 0.717) is 6.54 Å². The van der Waals surface area contributed by atoms with E-state index in [0.717, 1.165) is 62.2 Å². The van der Waals surface area contributed by atoms with Crippen molar-refractivity contribution in [2.24, 2.45) is 4.99 Å². The van der Waals surface area contributed by atoms with E-state index in [2.05, 4.69) is 32.2 Å². The largest absolute Gasteiger partial charge is 0.386 e. The standard InChI is InChI=1S/C21H31N5O2/c1-4-22-21(23-14-20(27)18-7-5-16(2)6-8-18)26-11-9-25(10-12-26)15-19-13-17(3)28-24-19/h5-8,13,20,27H,4,9-12,14-15H2,1-3H3,(H,22,23). The van der Waals surface area contributed by atoms with Crippen LogP contribution in [0.2, 0.25) is 0 Å². The van der Waals surface area contributed by atoms with Gasteiger partial charge in [-0.25, -0.2) is 0 Å². The van der Waals surface area contributed by atoms with E-state index in [1.54, 1.807) is 0 Å². The summed E-state index contributed by atoms with van der Waals surface area (Å²) in [7, 11) is 0. The lowest BCUT2D eigenvalue weighted by Crippen LogP contribution is -2.52. The molecule has 7 nitrogen and oxygen atoms in total. The number of nitrogens with one attached hydrogen (secondary N) is 1. The van der Waals surface area contributed by atoms with E-state index >= 15 is 0 Å². The van der Waals surface area contributed by atoms with E-state index in [4.69, 9.17) is 4.52 Å². The minimum atomic E-state index is -0.592. The maximum absolute atomic E-state index is 10.5. The molecular formula is C21H31N5O2. The second-order valence-corrected chi connectivity index (χ2v) is 7.31. The van der Waals surface area contributed by atoms with Crippen LogP contribution < -0.4 is 5.32 Å². The molecule has 2 aromatic rings. The third-order valence-corrected chi connectivity index (χ3v) is 4.95. The van der Waals surface area contributed by atoms with Crippen molar-refractivity contribution in [1.29, 1.82) is 0 Å². The second kappa shape index (κ2) is 9.71. The number of aliphatic imine (C=N–C) groups is 1. The van der Waals surface area contributed by atoms with Crippen molar-refractivity contribution in [2.45, 2.75) is 33.4 Å². The van der Waals surface area contributed by atoms with Crippen LogP contribution in [0.1, 0.15) is 35.6 Å². The number of aromatic nitrogens is 1. The number of aliphatic hydroxyl groups excluding tert-OH is 1. The summed E-state index contributed by atoms with van der Waals surface area (Å²) in [5, 5.41) is 17.9. The fourth-order valence-electron chi connectivity index (χ4n) is 3.33. The molecule has 0 radical (unpaired) electrons. The Morgan fingerprint density at radius 3 is 2.54 bits per heavy atom. The molecule has 1 aromatic carbocycles. The Labute approximate surface area is 167 Å². The van der Waals surface area contributed by atoms with Gasteiger partial charge >= 0.3 is 0 Å². The van der Waals surface area contributed by atoms with Gasteiger partial charge < -0.3 is 19.8 Å². The summed E-state index contributed by atoms with van der Waals surface area (Å²) in [6, 6.07) is 9.95. The van der Waals surface area contributed by atoms with E-state index in [1.807, 2.05) is 44.2 Å². The Hall–Kier alpha value is -2.38. The molecule has 7 heteroatoms. The molecule has 0 aliphatic carbocycles. The van der Waals surface area contributed by atoms with Crippen molar-refractivity contribution in [2.75, 3.05) is 39.3 Å². The fourth-order valence-corrected chi connectivity index (χ4v) is 3.33. The Kier molecular flexibility index (Phi) is 7.06. The van der Waals surface area contributed by atoms with Crippen molar-refractivity contribution in [3.05, 3.63) is 52.9 Å². The van der Waals surface area contributed by atoms with Crippen LogP contribution in [-0.2, 0) is 6.54 Å². The molecule has 1 saturated heterocycles. The Balaban J connectivity index is 1.54. The highest BCUT2D eigenvalue weighted by molar-refractivity contribution is 5.80. The average molecular weight is 386 g/mol. The fraction of sp³-hybridized carbons (Fsp3) is 0.524. The topological polar surface area (TPSA) is 77.1 Å². The van der Waals surface area contributed by atoms with Crippen LogP contribution >= 0.6 is 0 Å². The number of piperazine rings is 1. The number of hydrogen-bond acceptors (Lipinski definition) is 5. The van der Waals surface area contributed by atoms with Crippen molar-refractivity contribution >= 4 is 5.96 Å². The second-order valence-electron chi connectivity index (χ2n) is 7.31. The monoisotopic (exact) mass is 385 g/mol. The zero-order valence-corrected chi connectivity index (χ0v) is 17.1. The maximum Gasteiger partial charge on any atom is 0.194 e. The van der Waals surface area contributed by atoms with Gasteiger partial charge in [-0.3, -0.25) is 9.89 Å². The highest BCUT2D eigenvalue weighted by atomic mass is 16.5. The molecular weight excluding hydrogens is 354 g/mol. The number of aryl methyl sites for hydroxylation is 2. The van der Waals surface area contributed by atoms with Crippen LogP contribution in [0.25, 0.3) is 0 Å². The number of aliphatic hydroxyl groups is 1. The molecule has 2 heterocycles. The molecule has 0 bridgehead atoms. The molecule has 0 saturated carbocycles. The van der Waals surface area contributed by atoms with Crippen molar-refractivity contribution in [1.82, 2.24) is 20.3 Å². The molecule has 152 valence electrons. The van der Waals surface area contributed by atoms with E-state index in [9.17, 15) is 5.11 Å². The van der Waals surface area contributed by atoms with Crippen LogP contribution in [0.15, 0.2) is 39.8 Å². The van der Waals surface area contributed by atoms with Crippen molar-refractivity contribution < 1.29 is 9.63 Å². The number of guanidine groups is 1. The summed E-state index contributed by atoms with van der Waals surface area (Å²) < 4.78 is 5.15. The molecule has 28 heavy (non-hydrogen) atoms. The number of benzene rings is 1. The highest BCUT2D eigenvalue weighted by Gasteiger charge is 2.21. The summed E-state index contributed by atoms with van der Waals surface area (Å²) in [5.74, 6) is 1.72. The molecule has 1 aliphatic heterocycles. The molecule has 3 rings (SSSR count). The van der Waals surface area contributed by atoms with Gasteiger partial charge in [0, 0.05) is 45.3 Å². The third kappa shape index (κ3) is 5.56. The lowest BCUT2D eigenvalue weighted by Gasteiger charge is -2.36. The Morgan fingerprint density at radius 1 is 1.21 bits per heavy atom. The van der Waals surface area contributed by atoms with E-state index in [-0.39, 0.29) is 0 Å². The first-order valence-electron chi connectivity index (χ1n) is 9.97. The minimum Gasteiger partial charge on any atom is -0.386 e. The zero-order chi connectivity index (χ0) is 19.9. The Bertz CT molecular complexity index is 763. The summed E-state index contributed by atoms with van der Waals surface area (Å²) in [6.45, 7) is 11.7. The van der Waals surface area contributed by atoms with E-state index in [1.165, 1.54) is 5.56 Å². The van der Waals surface area contributed by atoms with Gasteiger partial charge in [0.2, 0.25) is 0 Å². The van der Waals surface area contributed by atoms with Crippen molar-refractivity contribution in [3.63, 3.8) is 0 Å². The van der Waals surface area contributed by atoms with Gasteiger partial charge in [-0.2, -0.15) is 0 Å². The lowest BCUT2D eigenvalue weighted by molar-refractivity contribution is 0.166. The van der Waals surface area contributed by atoms with Crippen LogP contribution in [0, 0.1) is 13.8 Å². The first-order chi connectivity index (χ1) is 13.5. The molecule has 1 atom stereocenters. The van der Waals surface area contributed by atoms with Crippen molar-refractivity contribution in [3.8, 4) is 0 Å². The molecule has 1 unspecified atom stereocenters. The van der Waals surface area contributed by atoms with Gasteiger partial charge in [0.05, 0.1) is 18.3 Å². The Morgan fingerprint density at radius 2 is 1.93 bits per heavy atom. The molecule has 1 aliphatic rings. The van der Waals surface area contributed by atoms with Gasteiger partial charge in [0.1, 0.15) is 5.76 Å². The van der Waals surface area contributed by atoms with Gasteiger partial charge in [-0.15, -0.1) is 0 Å². The number of nitrogens with zero attached hydrogens (tertiary/aromatic N) is 4. The van der Waals surface area contributed by atoms with Gasteiger partial charge in [0.15, 0.2) is 5.96 Å². The van der Waals surface area contributed by atoms with Gasteiger partial charge in [-0.05, 0) is 26.3 Å². The SMILES string of the molecule is CCNC(=NCC(O)c1ccc(C)cc1)N1CCN(Cc2cc(C)on2)CC1. The molecule has 0 spiro atoms. The quantitative estimate of drug-likeness (QED) is 0.586. The molecule has 0 amide bonds. The summed E-state index contributed by atoms with van der Waals surface area (Å²) in [5.41, 5.74) is 3.07. The van der Waals surface area contributed by atoms with Crippen LogP contribution in [0.5, 0.6) is 0 Å². The predicted octanol–water partition coefficient (Wildman–Crippen LogP) is 2.11. The number of rotatable bonds is 6. The molecule has 2 N–H and O–H groups in total. The normalized spacial score (nSPS) is 17.0. The average Bonchev–Trinajstić information content (AvgIpc) is 3.11. The van der Waals surface area contributed by atoms with Gasteiger partial charge in [0.25, 0.3) is 0 Å². The molecule has 1 aromatic heterocycles. The smallest absolute Gasteiger partial charge is 0.194 e. The summed E-state index contributed by atoms with van der Waals surface area (Å²) in [4.78, 5) is 9.32. The van der Waals surface area contributed by atoms with Crippen LogP contribution in [-0.4, -0.2) is 65.3 Å². The minimum absolute atomic E-state index is 0.351. The third-order valence-electron chi connectivity index (χ3n) is 4.95. The highest BCUT2D eigenvalue weighted by Crippen LogP contribution is 2.14. The molecule has 1 fully saturated rings. The predicted molar refractivity (Wildman–Crippen MR) is 110 cm³/mol. The summed E-state index contributed by atoms with van der Waals surface area (Å²) >= 11 is 0. The first kappa shape index (κ1) is 20.4. The first-order valence-corrected chi connectivity index (χ1v) is 9.97.